The van der Waals surface area contributed by atoms with Crippen LogP contribution in [0.25, 0.3) is 23.3 Å². The Morgan fingerprint density at radius 2 is 1.40 bits per heavy atom. The molecule has 1 unspecified atom stereocenters. The maximum Gasteiger partial charge on any atom is 0.167 e. The van der Waals surface area contributed by atoms with Crippen molar-refractivity contribution in [3.63, 3.8) is 0 Å². The molecule has 0 bridgehead atoms. The number of methoxy groups -OCH3 is 1. The number of halogens is 4. The highest BCUT2D eigenvalue weighted by atomic mass is 19.2. The van der Waals surface area contributed by atoms with Gasteiger partial charge in [-0.05, 0) is 48.3 Å². The highest BCUT2D eigenvalue weighted by Crippen LogP contribution is 2.37. The second kappa shape index (κ2) is 9.96. The topological polar surface area (TPSA) is 21.8 Å². The van der Waals surface area contributed by atoms with E-state index in [1.54, 1.807) is 61.7 Å². The summed E-state index contributed by atoms with van der Waals surface area (Å²) >= 11 is 0. The molecule has 6 heteroatoms. The molecule has 1 aliphatic carbocycles. The van der Waals surface area contributed by atoms with E-state index >= 15 is 0 Å². The van der Waals surface area contributed by atoms with Crippen molar-refractivity contribution in [2.24, 2.45) is 0 Å². The summed E-state index contributed by atoms with van der Waals surface area (Å²) in [7, 11) is 1.68. The van der Waals surface area contributed by atoms with Gasteiger partial charge in [-0.1, -0.05) is 60.7 Å². The molecule has 0 spiro atoms. The standard InChI is InChI=1S/C29H26F4O2/c1-34-21-11-8-19(9-12-21)22-13-10-20(26(30)27(22)31)7-4-17-2-5-18(6-3-17)23-14-15-24(25-16-35-25)29(33)28(23)32/h2-7,10,13-15,19,21,25H,8-9,11-12,16H2,1H3/b7-4+. The molecule has 0 aromatic heterocycles. The van der Waals surface area contributed by atoms with Crippen molar-refractivity contribution in [2.75, 3.05) is 13.7 Å². The van der Waals surface area contributed by atoms with Gasteiger partial charge in [0.05, 0.1) is 12.7 Å². The third-order valence-corrected chi connectivity index (χ3v) is 7.06. The van der Waals surface area contributed by atoms with E-state index in [1.165, 1.54) is 6.08 Å². The molecule has 0 N–H and O–H groups in total. The fourth-order valence-electron chi connectivity index (χ4n) is 4.86. The quantitative estimate of drug-likeness (QED) is 0.203. The van der Waals surface area contributed by atoms with E-state index in [-0.39, 0.29) is 34.8 Å². The van der Waals surface area contributed by atoms with Gasteiger partial charge in [0.25, 0.3) is 0 Å². The molecule has 182 valence electrons. The lowest BCUT2D eigenvalue weighted by Gasteiger charge is -2.28. The molecule has 1 heterocycles. The molecule has 35 heavy (non-hydrogen) atoms. The van der Waals surface area contributed by atoms with Gasteiger partial charge in [-0.15, -0.1) is 0 Å². The van der Waals surface area contributed by atoms with Crippen LogP contribution in [0.5, 0.6) is 0 Å². The van der Waals surface area contributed by atoms with E-state index in [9.17, 15) is 17.6 Å². The van der Waals surface area contributed by atoms with Crippen molar-refractivity contribution < 1.29 is 27.0 Å². The minimum atomic E-state index is -0.908. The molecule has 2 aliphatic rings. The summed E-state index contributed by atoms with van der Waals surface area (Å²) < 4.78 is 68.9. The molecular weight excluding hydrogens is 456 g/mol. The van der Waals surface area contributed by atoms with Crippen molar-refractivity contribution in [1.82, 2.24) is 0 Å². The van der Waals surface area contributed by atoms with E-state index in [2.05, 4.69) is 0 Å². The lowest BCUT2D eigenvalue weighted by atomic mass is 9.82. The molecule has 2 nitrogen and oxygen atoms in total. The van der Waals surface area contributed by atoms with Crippen molar-refractivity contribution >= 4 is 12.2 Å². The second-order valence-electron chi connectivity index (χ2n) is 9.19. The van der Waals surface area contributed by atoms with E-state index in [1.807, 2.05) is 0 Å². The maximum absolute atomic E-state index is 14.8. The summed E-state index contributed by atoms with van der Waals surface area (Å²) in [5, 5.41) is 0. The summed E-state index contributed by atoms with van der Waals surface area (Å²) in [6, 6.07) is 13.1. The molecule has 3 aromatic carbocycles. The summed E-state index contributed by atoms with van der Waals surface area (Å²) in [5.74, 6) is -3.45. The highest BCUT2D eigenvalue weighted by Gasteiger charge is 2.30. The minimum Gasteiger partial charge on any atom is -0.381 e. The SMILES string of the molecule is COC1CCC(c2ccc(/C=C/c3ccc(-c4ccc(C5CO5)c(F)c4F)cc3)c(F)c2F)CC1. The van der Waals surface area contributed by atoms with Gasteiger partial charge >= 0.3 is 0 Å². The number of epoxide rings is 1. The molecule has 2 fully saturated rings. The van der Waals surface area contributed by atoms with Crippen LogP contribution >= 0.6 is 0 Å². The van der Waals surface area contributed by atoms with Crippen molar-refractivity contribution in [3.05, 3.63) is 94.1 Å². The van der Waals surface area contributed by atoms with Gasteiger partial charge in [-0.25, -0.2) is 17.6 Å². The molecule has 3 aromatic rings. The third kappa shape index (κ3) is 4.91. The number of hydrogen-bond acceptors (Lipinski definition) is 2. The predicted octanol–water partition coefficient (Wildman–Crippen LogP) is 7.82. The summed E-state index contributed by atoms with van der Waals surface area (Å²) in [5.41, 5.74) is 2.21. The van der Waals surface area contributed by atoms with Gasteiger partial charge in [0, 0.05) is 23.8 Å². The molecule has 0 amide bonds. The normalized spacial score (nSPS) is 22.0. The van der Waals surface area contributed by atoms with Gasteiger partial charge in [-0.2, -0.15) is 0 Å². The van der Waals surface area contributed by atoms with Crippen LogP contribution in [0.15, 0.2) is 48.5 Å². The first-order valence-corrected chi connectivity index (χ1v) is 11.8. The van der Waals surface area contributed by atoms with Crippen LogP contribution in [0, 0.1) is 23.3 Å². The van der Waals surface area contributed by atoms with Gasteiger partial charge < -0.3 is 9.47 Å². The summed E-state index contributed by atoms with van der Waals surface area (Å²) in [6.45, 7) is 0.402. The van der Waals surface area contributed by atoms with Crippen LogP contribution in [-0.2, 0) is 9.47 Å². The number of benzene rings is 3. The highest BCUT2D eigenvalue weighted by molar-refractivity contribution is 5.73. The zero-order valence-electron chi connectivity index (χ0n) is 19.4. The molecule has 1 aliphatic heterocycles. The number of rotatable bonds is 6. The fourth-order valence-corrected chi connectivity index (χ4v) is 4.86. The van der Waals surface area contributed by atoms with Gasteiger partial charge in [0.1, 0.15) is 6.10 Å². The molecular formula is C29H26F4O2. The van der Waals surface area contributed by atoms with Crippen LogP contribution in [0.3, 0.4) is 0 Å². The van der Waals surface area contributed by atoms with Gasteiger partial charge in [0.15, 0.2) is 23.3 Å². The smallest absolute Gasteiger partial charge is 0.167 e. The lowest BCUT2D eigenvalue weighted by molar-refractivity contribution is 0.0655. The van der Waals surface area contributed by atoms with E-state index in [0.29, 0.717) is 17.7 Å². The Labute approximate surface area is 202 Å². The minimum absolute atomic E-state index is 0.00225. The molecule has 1 atom stereocenters. The monoisotopic (exact) mass is 482 g/mol. The Morgan fingerprint density at radius 3 is 2.06 bits per heavy atom. The average Bonchev–Trinajstić information content (AvgIpc) is 3.72. The molecule has 1 saturated heterocycles. The van der Waals surface area contributed by atoms with Crippen LogP contribution < -0.4 is 0 Å². The Balaban J connectivity index is 1.31. The lowest BCUT2D eigenvalue weighted by Crippen LogP contribution is -2.20. The van der Waals surface area contributed by atoms with E-state index in [0.717, 1.165) is 31.2 Å². The average molecular weight is 483 g/mol. The summed E-state index contributed by atoms with van der Waals surface area (Å²) in [4.78, 5) is 0. The van der Waals surface area contributed by atoms with E-state index in [4.69, 9.17) is 9.47 Å². The molecule has 1 saturated carbocycles. The van der Waals surface area contributed by atoms with Crippen molar-refractivity contribution in [2.45, 2.75) is 43.8 Å². The first-order chi connectivity index (χ1) is 17.0. The van der Waals surface area contributed by atoms with Crippen LogP contribution in [0.4, 0.5) is 17.6 Å². The first kappa shape index (κ1) is 23.8. The van der Waals surface area contributed by atoms with Crippen molar-refractivity contribution in [1.29, 1.82) is 0 Å². The Morgan fingerprint density at radius 1 is 0.743 bits per heavy atom. The zero-order valence-corrected chi connectivity index (χ0v) is 19.4. The number of ether oxygens (including phenoxy) is 2. The largest absolute Gasteiger partial charge is 0.381 e. The molecule has 5 rings (SSSR count). The Bertz CT molecular complexity index is 1240. The van der Waals surface area contributed by atoms with Crippen LogP contribution in [0.1, 0.15) is 60.0 Å². The summed E-state index contributed by atoms with van der Waals surface area (Å²) in [6.07, 6.45) is 6.25. The first-order valence-electron chi connectivity index (χ1n) is 11.8. The third-order valence-electron chi connectivity index (χ3n) is 7.06. The van der Waals surface area contributed by atoms with Crippen molar-refractivity contribution in [3.8, 4) is 11.1 Å². The van der Waals surface area contributed by atoms with Crippen LogP contribution in [0.2, 0.25) is 0 Å². The second-order valence-corrected chi connectivity index (χ2v) is 9.19. The maximum atomic E-state index is 14.8. The molecule has 0 radical (unpaired) electrons. The van der Waals surface area contributed by atoms with Crippen LogP contribution in [-0.4, -0.2) is 19.8 Å². The zero-order chi connectivity index (χ0) is 24.5. The van der Waals surface area contributed by atoms with E-state index < -0.39 is 23.3 Å². The Hall–Kier alpha value is -2.96. The Kier molecular flexibility index (Phi) is 6.76. The predicted molar refractivity (Wildman–Crippen MR) is 128 cm³/mol. The fraction of sp³-hybridized carbons (Fsp3) is 0.310. The number of hydrogen-bond donors (Lipinski definition) is 0. The van der Waals surface area contributed by atoms with Gasteiger partial charge in [0.2, 0.25) is 0 Å². The van der Waals surface area contributed by atoms with Gasteiger partial charge in [-0.3, -0.25) is 0 Å².